The van der Waals surface area contributed by atoms with Crippen LogP contribution >= 0.6 is 0 Å². The molecule has 0 bridgehead atoms. The SMILES string of the molecule is Cc1cc(C(=O)COC(=O)c2cccc(S(=O)(=O)N3CC(C)OC(C)C3)c2)c(C)n1C1CC1. The van der Waals surface area contributed by atoms with E-state index in [1.165, 1.54) is 28.6 Å². The first kappa shape index (κ1) is 23.7. The first-order valence-corrected chi connectivity index (χ1v) is 12.7. The number of rotatable bonds is 7. The topological polar surface area (TPSA) is 94.9 Å². The molecule has 33 heavy (non-hydrogen) atoms. The van der Waals surface area contributed by atoms with Gasteiger partial charge in [0.25, 0.3) is 0 Å². The average molecular weight is 475 g/mol. The lowest BCUT2D eigenvalue weighted by Crippen LogP contribution is -2.48. The van der Waals surface area contributed by atoms with E-state index in [0.717, 1.165) is 24.2 Å². The summed E-state index contributed by atoms with van der Waals surface area (Å²) < 4.78 is 40.6. The Balaban J connectivity index is 1.45. The van der Waals surface area contributed by atoms with Crippen LogP contribution in [0.25, 0.3) is 0 Å². The molecule has 2 atom stereocenters. The highest BCUT2D eigenvalue weighted by Crippen LogP contribution is 2.38. The molecule has 9 heteroatoms. The summed E-state index contributed by atoms with van der Waals surface area (Å²) in [6.07, 6.45) is 1.79. The Bertz CT molecular complexity index is 1170. The third-order valence-electron chi connectivity index (χ3n) is 6.12. The second-order valence-electron chi connectivity index (χ2n) is 8.99. The second kappa shape index (κ2) is 9.04. The fraction of sp³-hybridized carbons (Fsp3) is 0.500. The Hall–Kier alpha value is -2.49. The fourth-order valence-electron chi connectivity index (χ4n) is 4.51. The van der Waals surface area contributed by atoms with E-state index in [0.29, 0.717) is 11.6 Å². The van der Waals surface area contributed by atoms with Gasteiger partial charge in [-0.2, -0.15) is 4.31 Å². The molecule has 2 aliphatic rings. The minimum absolute atomic E-state index is 0.0116. The van der Waals surface area contributed by atoms with Crippen LogP contribution in [-0.2, 0) is 19.5 Å². The maximum Gasteiger partial charge on any atom is 0.338 e. The molecule has 2 aromatic rings. The lowest BCUT2D eigenvalue weighted by atomic mass is 10.1. The summed E-state index contributed by atoms with van der Waals surface area (Å²) in [5, 5.41) is 0. The van der Waals surface area contributed by atoms with Gasteiger partial charge in [-0.05, 0) is 64.8 Å². The zero-order valence-corrected chi connectivity index (χ0v) is 20.2. The molecular formula is C24H30N2O6S. The zero-order chi connectivity index (χ0) is 23.9. The van der Waals surface area contributed by atoms with Gasteiger partial charge in [-0.25, -0.2) is 13.2 Å². The molecule has 0 spiro atoms. The molecule has 2 heterocycles. The van der Waals surface area contributed by atoms with Gasteiger partial charge < -0.3 is 14.0 Å². The second-order valence-corrected chi connectivity index (χ2v) is 10.9. The fourth-order valence-corrected chi connectivity index (χ4v) is 6.14. The van der Waals surface area contributed by atoms with Crippen molar-refractivity contribution in [2.75, 3.05) is 19.7 Å². The van der Waals surface area contributed by atoms with Gasteiger partial charge in [0.05, 0.1) is 22.7 Å². The summed E-state index contributed by atoms with van der Waals surface area (Å²) >= 11 is 0. The average Bonchev–Trinajstić information content (AvgIpc) is 3.55. The van der Waals surface area contributed by atoms with Gasteiger partial charge in [-0.15, -0.1) is 0 Å². The predicted molar refractivity (Wildman–Crippen MR) is 122 cm³/mol. The minimum atomic E-state index is -3.79. The van der Waals surface area contributed by atoms with Crippen molar-refractivity contribution >= 4 is 21.8 Å². The first-order valence-electron chi connectivity index (χ1n) is 11.2. The molecule has 1 aliphatic carbocycles. The molecule has 2 unspecified atom stereocenters. The Morgan fingerprint density at radius 1 is 1.09 bits per heavy atom. The maximum absolute atomic E-state index is 13.1. The van der Waals surface area contributed by atoms with Crippen LogP contribution in [0.2, 0.25) is 0 Å². The molecule has 1 aromatic heterocycles. The summed E-state index contributed by atoms with van der Waals surface area (Å²) in [7, 11) is -3.79. The molecular weight excluding hydrogens is 444 g/mol. The van der Waals surface area contributed by atoms with Crippen LogP contribution < -0.4 is 0 Å². The van der Waals surface area contributed by atoms with Crippen LogP contribution in [0.3, 0.4) is 0 Å². The van der Waals surface area contributed by atoms with Crippen LogP contribution in [-0.4, -0.2) is 60.9 Å². The smallest absolute Gasteiger partial charge is 0.338 e. The first-order chi connectivity index (χ1) is 15.6. The molecule has 1 aliphatic heterocycles. The quantitative estimate of drug-likeness (QED) is 0.452. The molecule has 178 valence electrons. The van der Waals surface area contributed by atoms with E-state index in [-0.39, 0.29) is 41.5 Å². The van der Waals surface area contributed by atoms with Crippen molar-refractivity contribution in [2.24, 2.45) is 0 Å². The van der Waals surface area contributed by atoms with E-state index in [2.05, 4.69) is 4.57 Å². The van der Waals surface area contributed by atoms with Crippen molar-refractivity contribution in [3.05, 3.63) is 52.8 Å². The summed E-state index contributed by atoms with van der Waals surface area (Å²) in [5.41, 5.74) is 2.55. The molecule has 0 N–H and O–H groups in total. The van der Waals surface area contributed by atoms with Crippen LogP contribution in [0, 0.1) is 13.8 Å². The largest absolute Gasteiger partial charge is 0.454 e. The third-order valence-corrected chi connectivity index (χ3v) is 7.95. The van der Waals surface area contributed by atoms with Crippen molar-refractivity contribution in [3.63, 3.8) is 0 Å². The van der Waals surface area contributed by atoms with Crippen molar-refractivity contribution in [2.45, 2.75) is 63.7 Å². The van der Waals surface area contributed by atoms with Crippen molar-refractivity contribution in [1.82, 2.24) is 8.87 Å². The number of nitrogens with zero attached hydrogens (tertiary/aromatic N) is 2. The molecule has 0 amide bonds. The number of hydrogen-bond donors (Lipinski definition) is 0. The van der Waals surface area contributed by atoms with Gasteiger partial charge in [0.15, 0.2) is 6.61 Å². The number of ketones is 1. The van der Waals surface area contributed by atoms with Gasteiger partial charge in [0, 0.05) is 36.1 Å². The number of esters is 1. The van der Waals surface area contributed by atoms with Gasteiger partial charge in [0.2, 0.25) is 15.8 Å². The van der Waals surface area contributed by atoms with Gasteiger partial charge in [-0.1, -0.05) is 6.07 Å². The highest BCUT2D eigenvalue weighted by Gasteiger charge is 2.33. The van der Waals surface area contributed by atoms with Gasteiger partial charge in [-0.3, -0.25) is 4.79 Å². The normalized spacial score (nSPS) is 21.7. The van der Waals surface area contributed by atoms with E-state index < -0.39 is 22.6 Å². The molecule has 4 rings (SSSR count). The van der Waals surface area contributed by atoms with E-state index in [9.17, 15) is 18.0 Å². The number of aryl methyl sites for hydroxylation is 1. The highest BCUT2D eigenvalue weighted by atomic mass is 32.2. The summed E-state index contributed by atoms with van der Waals surface area (Å²) in [4.78, 5) is 25.3. The van der Waals surface area contributed by atoms with Crippen LogP contribution in [0.15, 0.2) is 35.2 Å². The molecule has 8 nitrogen and oxygen atoms in total. The lowest BCUT2D eigenvalue weighted by molar-refractivity contribution is -0.0440. The number of aromatic nitrogens is 1. The number of Topliss-reactive ketones (excluding diaryl/α,β-unsaturated/α-hetero) is 1. The van der Waals surface area contributed by atoms with Crippen LogP contribution in [0.4, 0.5) is 0 Å². The molecule has 1 aromatic carbocycles. The third kappa shape index (κ3) is 4.90. The molecule has 1 saturated heterocycles. The van der Waals surface area contributed by atoms with Gasteiger partial charge in [0.1, 0.15) is 0 Å². The van der Waals surface area contributed by atoms with Crippen molar-refractivity contribution in [3.8, 4) is 0 Å². The van der Waals surface area contributed by atoms with Crippen LogP contribution in [0.5, 0.6) is 0 Å². The zero-order valence-electron chi connectivity index (χ0n) is 19.4. The number of ether oxygens (including phenoxy) is 2. The number of benzene rings is 1. The predicted octanol–water partition coefficient (Wildman–Crippen LogP) is 3.28. The number of sulfonamides is 1. The number of carbonyl (C=O) groups excluding carboxylic acids is 2. The molecule has 1 saturated carbocycles. The Kier molecular flexibility index (Phi) is 6.48. The van der Waals surface area contributed by atoms with Gasteiger partial charge >= 0.3 is 5.97 Å². The highest BCUT2D eigenvalue weighted by molar-refractivity contribution is 7.89. The molecule has 2 fully saturated rings. The Morgan fingerprint density at radius 3 is 2.39 bits per heavy atom. The summed E-state index contributed by atoms with van der Waals surface area (Å²) in [6, 6.07) is 8.02. The lowest BCUT2D eigenvalue weighted by Gasteiger charge is -2.34. The standard InChI is InChI=1S/C24H30N2O6S/c1-15-10-22(18(4)26(15)20-8-9-20)23(27)14-31-24(28)19-6-5-7-21(11-19)33(29,30)25-12-16(2)32-17(3)13-25/h5-7,10-11,16-17,20H,8-9,12-14H2,1-4H3. The maximum atomic E-state index is 13.1. The number of hydrogen-bond acceptors (Lipinski definition) is 6. The van der Waals surface area contributed by atoms with Crippen LogP contribution in [0.1, 0.15) is 64.8 Å². The monoisotopic (exact) mass is 474 g/mol. The number of morpholine rings is 1. The van der Waals surface area contributed by atoms with Crippen molar-refractivity contribution in [1.29, 1.82) is 0 Å². The van der Waals surface area contributed by atoms with E-state index in [1.54, 1.807) is 0 Å². The van der Waals surface area contributed by atoms with E-state index in [4.69, 9.17) is 9.47 Å². The molecule has 0 radical (unpaired) electrons. The Morgan fingerprint density at radius 2 is 1.76 bits per heavy atom. The van der Waals surface area contributed by atoms with E-state index >= 15 is 0 Å². The van der Waals surface area contributed by atoms with E-state index in [1.807, 2.05) is 33.8 Å². The Labute approximate surface area is 194 Å². The van der Waals surface area contributed by atoms with Crippen molar-refractivity contribution < 1.29 is 27.5 Å². The summed E-state index contributed by atoms with van der Waals surface area (Å²) in [6.45, 7) is 7.61. The minimum Gasteiger partial charge on any atom is -0.454 e. The summed E-state index contributed by atoms with van der Waals surface area (Å²) in [5.74, 6) is -1.01. The number of carbonyl (C=O) groups is 2.